The standard InChI is InChI=1S/C33H32FN5O4/c34-28-17-23(19-35)5-7-24(28)6-4-22-2-1-3-25(16-22)32(40)38-13-11-37(12-14-38)21-31-36-29-9-8-26(33(41)42)18-30(29)39(31)20-27-10-15-43-27/h1-3,5,7-9,16-18,27H,4,6,10-15,20-21H2,(H,41,42)/t27-/m0/s1. The molecule has 1 N–H and O–H groups in total. The number of ether oxygens (including phenoxy) is 1. The van der Waals surface area contributed by atoms with Crippen LogP contribution in [0.3, 0.4) is 0 Å². The van der Waals surface area contributed by atoms with Crippen LogP contribution in [0.5, 0.6) is 0 Å². The molecule has 2 aliphatic rings. The number of carbonyl (C=O) groups is 2. The molecule has 4 aromatic rings. The number of piperazine rings is 1. The van der Waals surface area contributed by atoms with E-state index < -0.39 is 5.97 Å². The van der Waals surface area contributed by atoms with Crippen molar-refractivity contribution in [2.45, 2.75) is 38.5 Å². The summed E-state index contributed by atoms with van der Waals surface area (Å²) < 4.78 is 22.1. The molecule has 2 aliphatic heterocycles. The third kappa shape index (κ3) is 6.28. The maximum absolute atomic E-state index is 14.3. The van der Waals surface area contributed by atoms with Crippen LogP contribution in [-0.4, -0.2) is 75.2 Å². The van der Waals surface area contributed by atoms with E-state index in [0.29, 0.717) is 68.8 Å². The van der Waals surface area contributed by atoms with Crippen molar-refractivity contribution in [3.63, 3.8) is 0 Å². The summed E-state index contributed by atoms with van der Waals surface area (Å²) in [5, 5.41) is 18.4. The van der Waals surface area contributed by atoms with E-state index in [1.807, 2.05) is 35.2 Å². The number of benzene rings is 3. The van der Waals surface area contributed by atoms with Gasteiger partial charge in [0.1, 0.15) is 11.6 Å². The molecule has 2 fully saturated rings. The number of halogens is 1. The molecule has 3 aromatic carbocycles. The number of aryl methyl sites for hydroxylation is 2. The van der Waals surface area contributed by atoms with Gasteiger partial charge in [-0.25, -0.2) is 14.2 Å². The van der Waals surface area contributed by atoms with Crippen molar-refractivity contribution in [3.8, 4) is 6.07 Å². The van der Waals surface area contributed by atoms with E-state index in [1.165, 1.54) is 6.07 Å². The molecule has 1 atom stereocenters. The van der Waals surface area contributed by atoms with E-state index in [0.717, 1.165) is 35.4 Å². The number of nitriles is 1. The van der Waals surface area contributed by atoms with Crippen LogP contribution in [-0.2, 0) is 30.7 Å². The number of nitrogens with zero attached hydrogens (tertiary/aromatic N) is 5. The lowest BCUT2D eigenvalue weighted by atomic mass is 10.0. The first kappa shape index (κ1) is 28.5. The summed E-state index contributed by atoms with van der Waals surface area (Å²) in [4.78, 5) is 33.9. The molecule has 3 heterocycles. The van der Waals surface area contributed by atoms with Gasteiger partial charge in [0.15, 0.2) is 0 Å². The molecular weight excluding hydrogens is 549 g/mol. The van der Waals surface area contributed by atoms with Crippen LogP contribution in [0.2, 0.25) is 0 Å². The number of aromatic carboxylic acids is 1. The molecule has 0 radical (unpaired) electrons. The van der Waals surface area contributed by atoms with Crippen molar-refractivity contribution in [1.29, 1.82) is 5.26 Å². The van der Waals surface area contributed by atoms with Gasteiger partial charge < -0.3 is 19.3 Å². The molecule has 1 amide bonds. The quantitative estimate of drug-likeness (QED) is 0.314. The van der Waals surface area contributed by atoms with E-state index in [4.69, 9.17) is 15.0 Å². The zero-order chi connectivity index (χ0) is 29.9. The van der Waals surface area contributed by atoms with E-state index in [-0.39, 0.29) is 23.4 Å². The summed E-state index contributed by atoms with van der Waals surface area (Å²) in [6.07, 6.45) is 2.12. The number of rotatable bonds is 9. The van der Waals surface area contributed by atoms with Crippen molar-refractivity contribution in [2.75, 3.05) is 32.8 Å². The lowest BCUT2D eigenvalue weighted by Gasteiger charge is -2.35. The molecule has 0 aliphatic carbocycles. The van der Waals surface area contributed by atoms with Gasteiger partial charge in [-0.1, -0.05) is 18.2 Å². The van der Waals surface area contributed by atoms with Gasteiger partial charge in [0, 0.05) is 38.3 Å². The zero-order valence-electron chi connectivity index (χ0n) is 23.7. The Kier molecular flexibility index (Phi) is 8.18. The van der Waals surface area contributed by atoms with E-state index >= 15 is 0 Å². The predicted octanol–water partition coefficient (Wildman–Crippen LogP) is 4.28. The summed E-state index contributed by atoms with van der Waals surface area (Å²) in [5.74, 6) is -0.524. The number of hydrogen-bond acceptors (Lipinski definition) is 6. The average molecular weight is 582 g/mol. The van der Waals surface area contributed by atoms with Crippen molar-refractivity contribution in [2.24, 2.45) is 0 Å². The number of carboxylic acid groups (broad SMARTS) is 1. The Bertz CT molecular complexity index is 1720. The molecule has 220 valence electrons. The minimum atomic E-state index is -0.970. The van der Waals surface area contributed by atoms with Crippen molar-refractivity contribution in [3.05, 3.63) is 100 Å². The molecule has 0 bridgehead atoms. The second kappa shape index (κ2) is 12.3. The smallest absolute Gasteiger partial charge is 0.335 e. The normalized spacial score (nSPS) is 17.0. The Hall–Kier alpha value is -4.59. The second-order valence-corrected chi connectivity index (χ2v) is 11.1. The number of fused-ring (bicyclic) bond motifs is 1. The molecule has 43 heavy (non-hydrogen) atoms. The fourth-order valence-electron chi connectivity index (χ4n) is 5.71. The number of aromatic nitrogens is 2. The first-order valence-corrected chi connectivity index (χ1v) is 14.5. The first-order valence-electron chi connectivity index (χ1n) is 14.5. The Morgan fingerprint density at radius 3 is 2.53 bits per heavy atom. The minimum Gasteiger partial charge on any atom is -0.478 e. The fraction of sp³-hybridized carbons (Fsp3) is 0.333. The van der Waals surface area contributed by atoms with Crippen LogP contribution >= 0.6 is 0 Å². The highest BCUT2D eigenvalue weighted by Gasteiger charge is 2.26. The van der Waals surface area contributed by atoms with Gasteiger partial charge in [-0.2, -0.15) is 5.26 Å². The van der Waals surface area contributed by atoms with Gasteiger partial charge in [0.05, 0.1) is 47.4 Å². The van der Waals surface area contributed by atoms with Crippen molar-refractivity contribution >= 4 is 22.9 Å². The molecule has 0 unspecified atom stereocenters. The first-order chi connectivity index (χ1) is 20.9. The average Bonchev–Trinajstić information content (AvgIpc) is 3.34. The third-order valence-electron chi connectivity index (χ3n) is 8.32. The molecule has 9 nitrogen and oxygen atoms in total. The van der Waals surface area contributed by atoms with E-state index in [1.54, 1.807) is 30.3 Å². The van der Waals surface area contributed by atoms with Crippen LogP contribution in [0.4, 0.5) is 4.39 Å². The number of carbonyl (C=O) groups excluding carboxylic acids is 1. The highest BCUT2D eigenvalue weighted by molar-refractivity contribution is 5.94. The molecule has 2 saturated heterocycles. The molecule has 6 rings (SSSR count). The number of amides is 1. The number of hydrogen-bond donors (Lipinski definition) is 1. The summed E-state index contributed by atoms with van der Waals surface area (Å²) in [5.41, 5.74) is 4.19. The van der Waals surface area contributed by atoms with Gasteiger partial charge in [0.2, 0.25) is 0 Å². The Labute approximate surface area is 248 Å². The molecule has 10 heteroatoms. The monoisotopic (exact) mass is 581 g/mol. The summed E-state index contributed by atoms with van der Waals surface area (Å²) in [7, 11) is 0. The van der Waals surface area contributed by atoms with Gasteiger partial charge in [0.25, 0.3) is 5.91 Å². The summed E-state index contributed by atoms with van der Waals surface area (Å²) in [6.45, 7) is 4.49. The van der Waals surface area contributed by atoms with Crippen LogP contribution in [0, 0.1) is 17.1 Å². The van der Waals surface area contributed by atoms with Crippen LogP contribution in [0.15, 0.2) is 60.7 Å². The van der Waals surface area contributed by atoms with Gasteiger partial charge in [-0.3, -0.25) is 9.69 Å². The van der Waals surface area contributed by atoms with Gasteiger partial charge in [-0.05, 0) is 72.9 Å². The SMILES string of the molecule is N#Cc1ccc(CCc2cccc(C(=O)N3CCN(Cc4nc5ccc(C(=O)O)cc5n4C[C@@H]4CCO4)CC3)c2)c(F)c1. The van der Waals surface area contributed by atoms with E-state index in [9.17, 15) is 19.1 Å². The topological polar surface area (TPSA) is 112 Å². The van der Waals surface area contributed by atoms with Crippen molar-refractivity contribution < 1.29 is 23.8 Å². The third-order valence-corrected chi connectivity index (χ3v) is 8.32. The molecule has 1 aromatic heterocycles. The minimum absolute atomic E-state index is 0.0263. The fourth-order valence-corrected chi connectivity index (χ4v) is 5.71. The number of imidazole rings is 1. The van der Waals surface area contributed by atoms with E-state index in [2.05, 4.69) is 9.47 Å². The maximum atomic E-state index is 14.3. The lowest BCUT2D eigenvalue weighted by Crippen LogP contribution is -2.48. The van der Waals surface area contributed by atoms with Gasteiger partial charge >= 0.3 is 5.97 Å². The maximum Gasteiger partial charge on any atom is 0.335 e. The Morgan fingerprint density at radius 1 is 1.02 bits per heavy atom. The van der Waals surface area contributed by atoms with Crippen LogP contribution < -0.4 is 0 Å². The van der Waals surface area contributed by atoms with Crippen molar-refractivity contribution in [1.82, 2.24) is 19.4 Å². The largest absolute Gasteiger partial charge is 0.478 e. The molecule has 0 saturated carbocycles. The lowest BCUT2D eigenvalue weighted by molar-refractivity contribution is -0.0592. The zero-order valence-corrected chi connectivity index (χ0v) is 23.7. The van der Waals surface area contributed by atoms with Crippen LogP contribution in [0.25, 0.3) is 11.0 Å². The molecule has 0 spiro atoms. The Balaban J connectivity index is 1.09. The summed E-state index contributed by atoms with van der Waals surface area (Å²) >= 11 is 0. The molecular formula is C33H32FN5O4. The summed E-state index contributed by atoms with van der Waals surface area (Å²) in [6, 6.07) is 19.0. The van der Waals surface area contributed by atoms with Crippen LogP contribution in [0.1, 0.15) is 49.7 Å². The second-order valence-electron chi connectivity index (χ2n) is 11.1. The predicted molar refractivity (Wildman–Crippen MR) is 157 cm³/mol. The number of carboxylic acids is 1. The van der Waals surface area contributed by atoms with Gasteiger partial charge in [-0.15, -0.1) is 0 Å². The highest BCUT2D eigenvalue weighted by atomic mass is 19.1. The Morgan fingerprint density at radius 2 is 1.84 bits per heavy atom. The highest BCUT2D eigenvalue weighted by Crippen LogP contribution is 2.24.